The standard InChI is InChI=1S/C16H23NO/c1-12(13-5-7-16(18)8-6-13)9-17-10-14-3-2-4-15(14)11-17/h5-8,12,14-15,18H,2-4,9-11H2,1H3/t12?,14-,15+. The maximum absolute atomic E-state index is 9.32. The highest BCUT2D eigenvalue weighted by atomic mass is 16.3. The normalized spacial score (nSPS) is 29.4. The number of hydrogen-bond donors (Lipinski definition) is 1. The molecule has 1 heterocycles. The molecule has 3 rings (SSSR count). The molecule has 1 aromatic rings. The molecule has 1 aromatic carbocycles. The fourth-order valence-corrected chi connectivity index (χ4v) is 3.78. The fourth-order valence-electron chi connectivity index (χ4n) is 3.78. The number of aromatic hydroxyl groups is 1. The van der Waals surface area contributed by atoms with Gasteiger partial charge in [-0.1, -0.05) is 25.5 Å². The molecule has 1 saturated heterocycles. The van der Waals surface area contributed by atoms with Gasteiger partial charge in [-0.25, -0.2) is 0 Å². The quantitative estimate of drug-likeness (QED) is 0.883. The molecule has 1 unspecified atom stereocenters. The summed E-state index contributed by atoms with van der Waals surface area (Å²) in [6.07, 6.45) is 4.36. The second kappa shape index (κ2) is 4.93. The zero-order valence-corrected chi connectivity index (χ0v) is 11.2. The van der Waals surface area contributed by atoms with E-state index >= 15 is 0 Å². The Bertz CT molecular complexity index is 388. The van der Waals surface area contributed by atoms with Crippen LogP contribution in [0, 0.1) is 11.8 Å². The van der Waals surface area contributed by atoms with Crippen LogP contribution in [-0.4, -0.2) is 29.6 Å². The highest BCUT2D eigenvalue weighted by Crippen LogP contribution is 2.38. The summed E-state index contributed by atoms with van der Waals surface area (Å²) in [6, 6.07) is 7.70. The van der Waals surface area contributed by atoms with Gasteiger partial charge in [0.15, 0.2) is 0 Å². The van der Waals surface area contributed by atoms with E-state index in [4.69, 9.17) is 0 Å². The second-order valence-corrected chi connectivity index (χ2v) is 6.16. The van der Waals surface area contributed by atoms with Gasteiger partial charge in [0, 0.05) is 19.6 Å². The van der Waals surface area contributed by atoms with E-state index in [1.807, 2.05) is 0 Å². The first-order chi connectivity index (χ1) is 8.72. The lowest BCUT2D eigenvalue weighted by atomic mass is 10.0. The summed E-state index contributed by atoms with van der Waals surface area (Å²) in [5.74, 6) is 2.89. The van der Waals surface area contributed by atoms with E-state index in [-0.39, 0.29) is 0 Å². The fraction of sp³-hybridized carbons (Fsp3) is 0.625. The first-order valence-electron chi connectivity index (χ1n) is 7.23. The Labute approximate surface area is 110 Å². The van der Waals surface area contributed by atoms with Crippen molar-refractivity contribution < 1.29 is 5.11 Å². The summed E-state index contributed by atoms with van der Waals surface area (Å²) in [5.41, 5.74) is 1.34. The van der Waals surface area contributed by atoms with Crippen LogP contribution in [0.3, 0.4) is 0 Å². The number of fused-ring (bicyclic) bond motifs is 1. The average Bonchev–Trinajstić information content (AvgIpc) is 2.90. The second-order valence-electron chi connectivity index (χ2n) is 6.16. The third-order valence-corrected chi connectivity index (χ3v) is 4.80. The van der Waals surface area contributed by atoms with Crippen molar-refractivity contribution in [3.05, 3.63) is 29.8 Å². The molecule has 0 amide bonds. The van der Waals surface area contributed by atoms with E-state index in [1.165, 1.54) is 37.9 Å². The van der Waals surface area contributed by atoms with Gasteiger partial charge in [0.25, 0.3) is 0 Å². The summed E-state index contributed by atoms with van der Waals surface area (Å²) in [6.45, 7) is 6.08. The minimum Gasteiger partial charge on any atom is -0.508 e. The topological polar surface area (TPSA) is 23.5 Å². The third kappa shape index (κ3) is 2.39. The van der Waals surface area contributed by atoms with Crippen molar-refractivity contribution in [3.63, 3.8) is 0 Å². The Hall–Kier alpha value is -1.02. The number of nitrogens with zero attached hydrogens (tertiary/aromatic N) is 1. The number of phenolic OH excluding ortho intramolecular Hbond substituents is 1. The number of hydrogen-bond acceptors (Lipinski definition) is 2. The van der Waals surface area contributed by atoms with Crippen molar-refractivity contribution in [2.75, 3.05) is 19.6 Å². The van der Waals surface area contributed by atoms with E-state index in [0.29, 0.717) is 11.7 Å². The molecule has 2 aliphatic rings. The predicted molar refractivity (Wildman–Crippen MR) is 73.8 cm³/mol. The van der Waals surface area contributed by atoms with Crippen molar-refractivity contribution >= 4 is 0 Å². The maximum atomic E-state index is 9.32. The molecule has 1 saturated carbocycles. The minimum atomic E-state index is 0.363. The van der Waals surface area contributed by atoms with Crippen molar-refractivity contribution in [2.45, 2.75) is 32.1 Å². The predicted octanol–water partition coefficient (Wildman–Crippen LogP) is 3.23. The monoisotopic (exact) mass is 245 g/mol. The van der Waals surface area contributed by atoms with E-state index in [9.17, 15) is 5.11 Å². The van der Waals surface area contributed by atoms with Gasteiger partial charge in [-0.15, -0.1) is 0 Å². The van der Waals surface area contributed by atoms with Crippen LogP contribution in [0.2, 0.25) is 0 Å². The molecule has 1 N–H and O–H groups in total. The Balaban J connectivity index is 1.58. The highest BCUT2D eigenvalue weighted by molar-refractivity contribution is 5.28. The summed E-state index contributed by atoms with van der Waals surface area (Å²) in [4.78, 5) is 2.64. The molecule has 2 heteroatoms. The number of rotatable bonds is 3. The van der Waals surface area contributed by atoms with E-state index < -0.39 is 0 Å². The Morgan fingerprint density at radius 3 is 2.39 bits per heavy atom. The van der Waals surface area contributed by atoms with E-state index in [1.54, 1.807) is 12.1 Å². The largest absolute Gasteiger partial charge is 0.508 e. The van der Waals surface area contributed by atoms with Crippen LogP contribution < -0.4 is 0 Å². The first kappa shape index (κ1) is 12.0. The van der Waals surface area contributed by atoms with Crippen LogP contribution in [0.25, 0.3) is 0 Å². The molecule has 2 fully saturated rings. The third-order valence-electron chi connectivity index (χ3n) is 4.80. The van der Waals surface area contributed by atoms with Gasteiger partial charge in [-0.2, -0.15) is 0 Å². The molecule has 0 radical (unpaired) electrons. The lowest BCUT2D eigenvalue weighted by molar-refractivity contribution is 0.296. The van der Waals surface area contributed by atoms with Crippen molar-refractivity contribution in [3.8, 4) is 5.75 Å². The van der Waals surface area contributed by atoms with Gasteiger partial charge in [0.1, 0.15) is 5.75 Å². The molecule has 0 spiro atoms. The smallest absolute Gasteiger partial charge is 0.115 e. The van der Waals surface area contributed by atoms with Crippen molar-refractivity contribution in [1.29, 1.82) is 0 Å². The average molecular weight is 245 g/mol. The minimum absolute atomic E-state index is 0.363. The molecule has 98 valence electrons. The summed E-state index contributed by atoms with van der Waals surface area (Å²) in [7, 11) is 0. The molecule has 1 aliphatic carbocycles. The van der Waals surface area contributed by atoms with Crippen molar-refractivity contribution in [2.24, 2.45) is 11.8 Å². The Morgan fingerprint density at radius 2 is 1.78 bits per heavy atom. The molecule has 2 nitrogen and oxygen atoms in total. The van der Waals surface area contributed by atoms with Gasteiger partial charge >= 0.3 is 0 Å². The number of phenols is 1. The van der Waals surface area contributed by atoms with Gasteiger partial charge in [-0.05, 0) is 48.3 Å². The zero-order valence-electron chi connectivity index (χ0n) is 11.2. The van der Waals surface area contributed by atoms with Crippen LogP contribution in [0.1, 0.15) is 37.7 Å². The van der Waals surface area contributed by atoms with Crippen LogP contribution in [0.15, 0.2) is 24.3 Å². The Morgan fingerprint density at radius 1 is 1.17 bits per heavy atom. The lowest BCUT2D eigenvalue weighted by Crippen LogP contribution is -2.26. The molecular weight excluding hydrogens is 222 g/mol. The Kier molecular flexibility index (Phi) is 3.29. The van der Waals surface area contributed by atoms with Crippen LogP contribution in [-0.2, 0) is 0 Å². The molecule has 18 heavy (non-hydrogen) atoms. The summed E-state index contributed by atoms with van der Waals surface area (Å²) in [5, 5.41) is 9.32. The van der Waals surface area contributed by atoms with Gasteiger partial charge in [0.2, 0.25) is 0 Å². The van der Waals surface area contributed by atoms with Gasteiger partial charge in [0.05, 0.1) is 0 Å². The number of likely N-dealkylation sites (tertiary alicyclic amines) is 1. The van der Waals surface area contributed by atoms with E-state index in [2.05, 4.69) is 24.0 Å². The number of benzene rings is 1. The lowest BCUT2D eigenvalue weighted by Gasteiger charge is -2.22. The van der Waals surface area contributed by atoms with E-state index in [0.717, 1.165) is 18.4 Å². The van der Waals surface area contributed by atoms with Crippen molar-refractivity contribution in [1.82, 2.24) is 4.90 Å². The summed E-state index contributed by atoms with van der Waals surface area (Å²) < 4.78 is 0. The zero-order chi connectivity index (χ0) is 12.5. The summed E-state index contributed by atoms with van der Waals surface area (Å²) >= 11 is 0. The highest BCUT2D eigenvalue weighted by Gasteiger charge is 2.36. The first-order valence-corrected chi connectivity index (χ1v) is 7.23. The van der Waals surface area contributed by atoms with Crippen LogP contribution >= 0.6 is 0 Å². The molecule has 0 aromatic heterocycles. The van der Waals surface area contributed by atoms with Crippen LogP contribution in [0.4, 0.5) is 0 Å². The van der Waals surface area contributed by atoms with Gasteiger partial charge < -0.3 is 10.0 Å². The maximum Gasteiger partial charge on any atom is 0.115 e. The van der Waals surface area contributed by atoms with Gasteiger partial charge in [-0.3, -0.25) is 0 Å². The molecule has 0 bridgehead atoms. The molecular formula is C16H23NO. The van der Waals surface area contributed by atoms with Crippen LogP contribution in [0.5, 0.6) is 5.75 Å². The SMILES string of the molecule is CC(CN1C[C@H]2CCC[C@H]2C1)c1ccc(O)cc1. The molecule has 1 aliphatic heterocycles. The molecule has 3 atom stereocenters.